The summed E-state index contributed by atoms with van der Waals surface area (Å²) in [4.78, 5) is 0. The monoisotopic (exact) mass is 301 g/mol. The van der Waals surface area contributed by atoms with Gasteiger partial charge < -0.3 is 5.11 Å². The van der Waals surface area contributed by atoms with Crippen LogP contribution >= 0.6 is 0 Å². The maximum atomic E-state index is 12.1. The number of hydrogen-bond donors (Lipinski definition) is 1. The molecule has 3 fully saturated rings. The highest BCUT2D eigenvalue weighted by Gasteiger charge is 2.49. The fourth-order valence-corrected chi connectivity index (χ4v) is 6.17. The molecule has 1 aromatic carbocycles. The van der Waals surface area contributed by atoms with Gasteiger partial charge in [-0.2, -0.15) is 5.26 Å². The molecule has 2 bridgehead atoms. The van der Waals surface area contributed by atoms with E-state index < -0.39 is 16.4 Å². The second-order valence-corrected chi connectivity index (χ2v) is 8.85. The first-order chi connectivity index (χ1) is 10.1. The summed E-state index contributed by atoms with van der Waals surface area (Å²) in [6.07, 6.45) is 4.97. The SMILES string of the molecule is N#CC1(c2cccc(C3(O)CC4CCC(C3)S4=O)c2)CC1. The van der Waals surface area contributed by atoms with Crippen LogP contribution in [-0.2, 0) is 21.8 Å². The molecule has 0 radical (unpaired) electrons. The topological polar surface area (TPSA) is 61.1 Å². The van der Waals surface area contributed by atoms with Crippen LogP contribution in [-0.4, -0.2) is 19.8 Å². The van der Waals surface area contributed by atoms with Crippen LogP contribution in [0.2, 0.25) is 0 Å². The highest BCUT2D eigenvalue weighted by Crippen LogP contribution is 2.50. The Labute approximate surface area is 127 Å². The third-order valence-electron chi connectivity index (χ3n) is 5.51. The van der Waals surface area contributed by atoms with Gasteiger partial charge in [-0.1, -0.05) is 24.3 Å². The van der Waals surface area contributed by atoms with E-state index in [0.29, 0.717) is 12.8 Å². The zero-order valence-corrected chi connectivity index (χ0v) is 12.7. The Morgan fingerprint density at radius 2 is 1.81 bits per heavy atom. The Hall–Kier alpha value is -1.18. The minimum Gasteiger partial charge on any atom is -0.385 e. The average Bonchev–Trinajstić information content (AvgIpc) is 3.26. The molecule has 3 aliphatic rings. The molecule has 1 aliphatic carbocycles. The van der Waals surface area contributed by atoms with Crippen molar-refractivity contribution in [3.63, 3.8) is 0 Å². The van der Waals surface area contributed by atoms with Gasteiger partial charge in [0.1, 0.15) is 0 Å². The van der Waals surface area contributed by atoms with Gasteiger partial charge in [0.2, 0.25) is 0 Å². The number of fused-ring (bicyclic) bond motifs is 2. The minimum absolute atomic E-state index is 0.142. The number of rotatable bonds is 2. The summed E-state index contributed by atoms with van der Waals surface area (Å²) in [7, 11) is -0.763. The van der Waals surface area contributed by atoms with Gasteiger partial charge in [0.15, 0.2) is 0 Å². The molecule has 2 saturated heterocycles. The Morgan fingerprint density at radius 1 is 1.19 bits per heavy atom. The third kappa shape index (κ3) is 1.98. The largest absolute Gasteiger partial charge is 0.385 e. The molecule has 4 heteroatoms. The van der Waals surface area contributed by atoms with E-state index in [0.717, 1.165) is 36.8 Å². The summed E-state index contributed by atoms with van der Waals surface area (Å²) < 4.78 is 12.1. The van der Waals surface area contributed by atoms with Gasteiger partial charge >= 0.3 is 0 Å². The molecule has 0 aromatic heterocycles. The minimum atomic E-state index is -0.860. The second-order valence-electron chi connectivity index (χ2n) is 6.86. The van der Waals surface area contributed by atoms with E-state index in [1.165, 1.54) is 0 Å². The van der Waals surface area contributed by atoms with E-state index in [2.05, 4.69) is 6.07 Å². The maximum Gasteiger partial charge on any atom is 0.0919 e. The van der Waals surface area contributed by atoms with Crippen molar-refractivity contribution in [2.45, 2.75) is 60.0 Å². The normalized spacial score (nSPS) is 39.7. The standard InChI is InChI=1S/C17H19NO2S/c18-11-16(6-7-16)12-2-1-3-13(8-12)17(19)9-14-4-5-15(10-17)21(14)20/h1-3,8,14-15,19H,4-7,9-10H2. The van der Waals surface area contributed by atoms with Crippen molar-refractivity contribution in [1.82, 2.24) is 0 Å². The van der Waals surface area contributed by atoms with Crippen molar-refractivity contribution in [1.29, 1.82) is 5.26 Å². The molecule has 1 N–H and O–H groups in total. The quantitative estimate of drug-likeness (QED) is 0.913. The lowest BCUT2D eigenvalue weighted by Crippen LogP contribution is -2.40. The Kier molecular flexibility index (Phi) is 2.83. The maximum absolute atomic E-state index is 12.1. The van der Waals surface area contributed by atoms with Crippen molar-refractivity contribution in [3.8, 4) is 6.07 Å². The fraction of sp³-hybridized carbons (Fsp3) is 0.588. The average molecular weight is 301 g/mol. The Bertz CT molecular complexity index is 643. The van der Waals surface area contributed by atoms with Crippen molar-refractivity contribution in [2.24, 2.45) is 0 Å². The molecule has 2 atom stereocenters. The van der Waals surface area contributed by atoms with Crippen LogP contribution < -0.4 is 0 Å². The number of hydrogen-bond acceptors (Lipinski definition) is 3. The van der Waals surface area contributed by atoms with Crippen molar-refractivity contribution in [2.75, 3.05) is 0 Å². The summed E-state index contributed by atoms with van der Waals surface area (Å²) in [5.74, 6) is 0. The van der Waals surface area contributed by atoms with E-state index in [4.69, 9.17) is 0 Å². The van der Waals surface area contributed by atoms with Crippen LogP contribution in [0, 0.1) is 11.3 Å². The van der Waals surface area contributed by atoms with Crippen molar-refractivity contribution >= 4 is 10.8 Å². The number of nitrogens with zero attached hydrogens (tertiary/aromatic N) is 1. The zero-order chi connectivity index (χ0) is 14.7. The lowest BCUT2D eigenvalue weighted by atomic mass is 9.83. The molecular formula is C17H19NO2S. The van der Waals surface area contributed by atoms with E-state index in [1.54, 1.807) is 0 Å². The molecule has 2 aliphatic heterocycles. The summed E-state index contributed by atoms with van der Waals surface area (Å²) in [5, 5.41) is 20.7. The van der Waals surface area contributed by atoms with Crippen LogP contribution in [0.4, 0.5) is 0 Å². The Balaban J connectivity index is 1.69. The van der Waals surface area contributed by atoms with E-state index in [-0.39, 0.29) is 15.9 Å². The molecular weight excluding hydrogens is 282 g/mol. The van der Waals surface area contributed by atoms with Gasteiger partial charge in [-0.15, -0.1) is 0 Å². The van der Waals surface area contributed by atoms with Crippen LogP contribution in [0.15, 0.2) is 24.3 Å². The summed E-state index contributed by atoms with van der Waals surface area (Å²) in [6, 6.07) is 10.3. The van der Waals surface area contributed by atoms with Crippen LogP contribution in [0.25, 0.3) is 0 Å². The summed E-state index contributed by atoms with van der Waals surface area (Å²) >= 11 is 0. The predicted octanol–water partition coefficient (Wildman–Crippen LogP) is 2.50. The highest BCUT2D eigenvalue weighted by molar-refractivity contribution is 7.86. The summed E-state index contributed by atoms with van der Waals surface area (Å²) in [6.45, 7) is 0. The Morgan fingerprint density at radius 3 is 2.38 bits per heavy atom. The van der Waals surface area contributed by atoms with Crippen LogP contribution in [0.3, 0.4) is 0 Å². The first kappa shape index (κ1) is 13.5. The smallest absolute Gasteiger partial charge is 0.0919 e. The van der Waals surface area contributed by atoms with Crippen molar-refractivity contribution in [3.05, 3.63) is 35.4 Å². The van der Waals surface area contributed by atoms with Crippen LogP contribution in [0.1, 0.15) is 49.7 Å². The van der Waals surface area contributed by atoms with Gasteiger partial charge in [0.05, 0.1) is 17.1 Å². The molecule has 1 saturated carbocycles. The van der Waals surface area contributed by atoms with Gasteiger partial charge in [0, 0.05) is 21.3 Å². The van der Waals surface area contributed by atoms with Gasteiger partial charge in [-0.05, 0) is 49.7 Å². The van der Waals surface area contributed by atoms with Crippen molar-refractivity contribution < 1.29 is 9.32 Å². The van der Waals surface area contributed by atoms with E-state index in [1.807, 2.05) is 24.3 Å². The molecule has 3 nitrogen and oxygen atoms in total. The van der Waals surface area contributed by atoms with Crippen LogP contribution in [0.5, 0.6) is 0 Å². The lowest BCUT2D eigenvalue weighted by molar-refractivity contribution is 0.0184. The third-order valence-corrected chi connectivity index (χ3v) is 7.63. The van der Waals surface area contributed by atoms with Gasteiger partial charge in [0.25, 0.3) is 0 Å². The molecule has 2 heterocycles. The first-order valence-electron chi connectivity index (χ1n) is 7.70. The van der Waals surface area contributed by atoms with E-state index in [9.17, 15) is 14.6 Å². The lowest BCUT2D eigenvalue weighted by Gasteiger charge is -2.36. The predicted molar refractivity (Wildman–Crippen MR) is 81.1 cm³/mol. The number of nitriles is 1. The second kappa shape index (κ2) is 4.41. The summed E-state index contributed by atoms with van der Waals surface area (Å²) in [5.41, 5.74) is 0.773. The molecule has 110 valence electrons. The molecule has 2 unspecified atom stereocenters. The molecule has 21 heavy (non-hydrogen) atoms. The highest BCUT2D eigenvalue weighted by atomic mass is 32.2. The van der Waals surface area contributed by atoms with Gasteiger partial charge in [-0.25, -0.2) is 0 Å². The molecule has 0 amide bonds. The first-order valence-corrected chi connectivity index (χ1v) is 8.98. The fourth-order valence-electron chi connectivity index (χ4n) is 4.01. The molecule has 1 aromatic rings. The van der Waals surface area contributed by atoms with E-state index >= 15 is 0 Å². The number of aliphatic hydroxyl groups is 1. The zero-order valence-electron chi connectivity index (χ0n) is 11.9. The molecule has 0 spiro atoms. The van der Waals surface area contributed by atoms with Gasteiger partial charge in [-0.3, -0.25) is 4.21 Å². The number of benzene rings is 1. The molecule has 4 rings (SSSR count).